The first-order valence-corrected chi connectivity index (χ1v) is 10.3. The summed E-state index contributed by atoms with van der Waals surface area (Å²) in [6, 6.07) is 3.30. The number of piperidine rings is 2. The molecule has 29 heavy (non-hydrogen) atoms. The van der Waals surface area contributed by atoms with Crippen molar-refractivity contribution in [2.45, 2.75) is 45.1 Å². The zero-order chi connectivity index (χ0) is 20.1. The molecule has 3 rings (SSSR count). The lowest BCUT2D eigenvalue weighted by Crippen LogP contribution is -2.50. The third-order valence-corrected chi connectivity index (χ3v) is 5.79. The van der Waals surface area contributed by atoms with Crippen LogP contribution in [0.15, 0.2) is 18.2 Å². The molecule has 2 heterocycles. The fourth-order valence-electron chi connectivity index (χ4n) is 4.23. The van der Waals surface area contributed by atoms with Gasteiger partial charge in [-0.05, 0) is 57.3 Å². The summed E-state index contributed by atoms with van der Waals surface area (Å²) in [6.07, 6.45) is 4.05. The lowest BCUT2D eigenvalue weighted by Gasteiger charge is -2.39. The summed E-state index contributed by atoms with van der Waals surface area (Å²) in [5, 5.41) is 3.34. The maximum Gasteiger partial charge on any atom is 0.256 e. The molecule has 1 aromatic rings. The van der Waals surface area contributed by atoms with Gasteiger partial charge < -0.3 is 15.1 Å². The van der Waals surface area contributed by atoms with Crippen molar-refractivity contribution < 1.29 is 18.4 Å². The predicted molar refractivity (Wildman–Crippen MR) is 110 cm³/mol. The Kier molecular flexibility index (Phi) is 8.83. The van der Waals surface area contributed by atoms with Gasteiger partial charge in [0, 0.05) is 37.7 Å². The van der Waals surface area contributed by atoms with E-state index in [0.29, 0.717) is 32.0 Å². The zero-order valence-electron chi connectivity index (χ0n) is 16.8. The number of halogens is 3. The molecule has 0 aliphatic carbocycles. The molecule has 8 heteroatoms. The summed E-state index contributed by atoms with van der Waals surface area (Å²) in [7, 11) is 0. The Labute approximate surface area is 177 Å². The molecule has 0 unspecified atom stereocenters. The molecule has 0 atom stereocenters. The number of hydrogen-bond donors (Lipinski definition) is 1. The number of amides is 2. The van der Waals surface area contributed by atoms with Crippen LogP contribution in [0.2, 0.25) is 0 Å². The fourth-order valence-corrected chi connectivity index (χ4v) is 4.23. The molecule has 0 spiro atoms. The molecule has 2 amide bonds. The first kappa shape index (κ1) is 23.5. The largest absolute Gasteiger partial charge is 0.339 e. The van der Waals surface area contributed by atoms with Crippen molar-refractivity contribution in [1.29, 1.82) is 0 Å². The lowest BCUT2D eigenvalue weighted by atomic mass is 9.93. The van der Waals surface area contributed by atoms with Crippen molar-refractivity contribution in [3.63, 3.8) is 0 Å². The van der Waals surface area contributed by atoms with E-state index in [2.05, 4.69) is 12.2 Å². The number of rotatable bonds is 5. The minimum absolute atomic E-state index is 0. The third kappa shape index (κ3) is 5.66. The predicted octanol–water partition coefficient (Wildman–Crippen LogP) is 3.23. The van der Waals surface area contributed by atoms with Crippen LogP contribution in [0.1, 0.15) is 49.4 Å². The van der Waals surface area contributed by atoms with Gasteiger partial charge in [0.2, 0.25) is 5.91 Å². The van der Waals surface area contributed by atoms with Gasteiger partial charge in [0.1, 0.15) is 11.6 Å². The molecule has 0 saturated carbocycles. The molecule has 2 saturated heterocycles. The molecule has 5 nitrogen and oxygen atoms in total. The number of carbonyl (C=O) groups excluding carboxylic acids is 2. The average molecular weight is 430 g/mol. The summed E-state index contributed by atoms with van der Waals surface area (Å²) >= 11 is 0. The molecule has 2 fully saturated rings. The standard InChI is InChI=1S/C21H29F2N3O2.ClH/c1-2-11-26(17-5-9-24-10-6-17)20(27)15-7-12-25(13-8-15)21(28)18-4-3-16(22)14-19(18)23;/h3-4,14-15,17,24H,2,5-13H2,1H3;1H. The normalized spacial score (nSPS) is 18.2. The quantitative estimate of drug-likeness (QED) is 0.781. The van der Waals surface area contributed by atoms with Crippen LogP contribution in [0, 0.1) is 17.6 Å². The van der Waals surface area contributed by atoms with E-state index in [1.165, 1.54) is 6.07 Å². The maximum absolute atomic E-state index is 13.9. The number of carbonyl (C=O) groups is 2. The summed E-state index contributed by atoms with van der Waals surface area (Å²) in [6.45, 7) is 5.56. The second-order valence-electron chi connectivity index (χ2n) is 7.70. The molecule has 2 aliphatic rings. The van der Waals surface area contributed by atoms with E-state index in [0.717, 1.165) is 51.0 Å². The summed E-state index contributed by atoms with van der Waals surface area (Å²) in [5.74, 6) is -1.89. The Morgan fingerprint density at radius 1 is 1.14 bits per heavy atom. The maximum atomic E-state index is 13.9. The highest BCUT2D eigenvalue weighted by molar-refractivity contribution is 5.94. The van der Waals surface area contributed by atoms with Crippen LogP contribution >= 0.6 is 12.4 Å². The highest BCUT2D eigenvalue weighted by Crippen LogP contribution is 2.25. The minimum atomic E-state index is -0.844. The van der Waals surface area contributed by atoms with Crippen molar-refractivity contribution in [3.05, 3.63) is 35.4 Å². The Balaban J connectivity index is 0.00000300. The number of hydrogen-bond acceptors (Lipinski definition) is 3. The molecule has 1 N–H and O–H groups in total. The van der Waals surface area contributed by atoms with Gasteiger partial charge in [-0.1, -0.05) is 6.92 Å². The number of nitrogens with zero attached hydrogens (tertiary/aromatic N) is 2. The lowest BCUT2D eigenvalue weighted by molar-refractivity contribution is -0.140. The second-order valence-corrected chi connectivity index (χ2v) is 7.70. The smallest absolute Gasteiger partial charge is 0.256 e. The van der Waals surface area contributed by atoms with E-state index in [4.69, 9.17) is 0 Å². The molecule has 2 aliphatic heterocycles. The Hall–Kier alpha value is -1.73. The Morgan fingerprint density at radius 2 is 1.79 bits per heavy atom. The van der Waals surface area contributed by atoms with Crippen LogP contribution < -0.4 is 5.32 Å². The van der Waals surface area contributed by atoms with E-state index < -0.39 is 17.5 Å². The minimum Gasteiger partial charge on any atom is -0.339 e. The zero-order valence-corrected chi connectivity index (χ0v) is 17.6. The van der Waals surface area contributed by atoms with E-state index in [1.54, 1.807) is 4.90 Å². The summed E-state index contributed by atoms with van der Waals surface area (Å²) in [5.41, 5.74) is -0.117. The number of nitrogens with one attached hydrogen (secondary N) is 1. The molecule has 0 aromatic heterocycles. The van der Waals surface area contributed by atoms with Gasteiger partial charge in [0.15, 0.2) is 0 Å². The van der Waals surface area contributed by atoms with E-state index in [1.807, 2.05) is 4.90 Å². The SMILES string of the molecule is CCCN(C(=O)C1CCN(C(=O)c2ccc(F)cc2F)CC1)C1CCNCC1.Cl. The number of benzene rings is 1. The van der Waals surface area contributed by atoms with Crippen LogP contribution in [-0.2, 0) is 4.79 Å². The molecular weight excluding hydrogens is 400 g/mol. The van der Waals surface area contributed by atoms with Gasteiger partial charge in [-0.2, -0.15) is 0 Å². The third-order valence-electron chi connectivity index (χ3n) is 5.79. The second kappa shape index (κ2) is 10.9. The van der Waals surface area contributed by atoms with Crippen LogP contribution in [0.3, 0.4) is 0 Å². The van der Waals surface area contributed by atoms with Crippen molar-refractivity contribution in [2.75, 3.05) is 32.7 Å². The van der Waals surface area contributed by atoms with Crippen LogP contribution in [0.25, 0.3) is 0 Å². The molecule has 0 bridgehead atoms. The highest BCUT2D eigenvalue weighted by atomic mass is 35.5. The van der Waals surface area contributed by atoms with Gasteiger partial charge in [0.25, 0.3) is 5.91 Å². The van der Waals surface area contributed by atoms with Gasteiger partial charge in [-0.3, -0.25) is 9.59 Å². The molecule has 0 radical (unpaired) electrons. The van der Waals surface area contributed by atoms with E-state index >= 15 is 0 Å². The van der Waals surface area contributed by atoms with Gasteiger partial charge in [-0.25, -0.2) is 8.78 Å². The van der Waals surface area contributed by atoms with Crippen LogP contribution in [-0.4, -0.2) is 60.4 Å². The highest BCUT2D eigenvalue weighted by Gasteiger charge is 2.33. The van der Waals surface area contributed by atoms with Gasteiger partial charge >= 0.3 is 0 Å². The summed E-state index contributed by atoms with van der Waals surface area (Å²) < 4.78 is 27.0. The van der Waals surface area contributed by atoms with E-state index in [-0.39, 0.29) is 29.8 Å². The molecular formula is C21H30ClF2N3O2. The first-order valence-electron chi connectivity index (χ1n) is 10.3. The first-order chi connectivity index (χ1) is 13.5. The van der Waals surface area contributed by atoms with Crippen molar-refractivity contribution in [2.24, 2.45) is 5.92 Å². The van der Waals surface area contributed by atoms with Crippen molar-refractivity contribution in [3.8, 4) is 0 Å². The van der Waals surface area contributed by atoms with Crippen LogP contribution in [0.4, 0.5) is 8.78 Å². The Morgan fingerprint density at radius 3 is 2.38 bits per heavy atom. The van der Waals surface area contributed by atoms with Crippen LogP contribution in [0.5, 0.6) is 0 Å². The fraction of sp³-hybridized carbons (Fsp3) is 0.619. The molecule has 1 aromatic carbocycles. The van der Waals surface area contributed by atoms with Crippen molar-refractivity contribution in [1.82, 2.24) is 15.1 Å². The van der Waals surface area contributed by atoms with Gasteiger partial charge in [-0.15, -0.1) is 12.4 Å². The Bertz CT molecular complexity index is 705. The van der Waals surface area contributed by atoms with E-state index in [9.17, 15) is 18.4 Å². The molecule has 162 valence electrons. The van der Waals surface area contributed by atoms with Crippen molar-refractivity contribution >= 4 is 24.2 Å². The average Bonchev–Trinajstić information content (AvgIpc) is 2.72. The summed E-state index contributed by atoms with van der Waals surface area (Å²) in [4.78, 5) is 29.3. The van der Waals surface area contributed by atoms with Gasteiger partial charge in [0.05, 0.1) is 5.56 Å². The monoisotopic (exact) mass is 429 g/mol. The number of likely N-dealkylation sites (tertiary alicyclic amines) is 1. The topological polar surface area (TPSA) is 52.7 Å².